The highest BCUT2D eigenvalue weighted by atomic mass is 16.3. The van der Waals surface area contributed by atoms with E-state index in [-0.39, 0.29) is 11.9 Å². The van der Waals surface area contributed by atoms with E-state index in [0.29, 0.717) is 17.0 Å². The van der Waals surface area contributed by atoms with Crippen LogP contribution in [0.25, 0.3) is 17.1 Å². The Morgan fingerprint density at radius 3 is 2.47 bits per heavy atom. The molecule has 0 unspecified atom stereocenters. The first-order chi connectivity index (χ1) is 15.7. The number of amides is 1. The third-order valence-electron chi connectivity index (χ3n) is 5.62. The van der Waals surface area contributed by atoms with Gasteiger partial charge in [-0.3, -0.25) is 4.79 Å². The van der Waals surface area contributed by atoms with Crippen LogP contribution in [-0.2, 0) is 0 Å². The van der Waals surface area contributed by atoms with Gasteiger partial charge in [-0.2, -0.15) is 5.10 Å². The molecular weight excluding hydrogens is 404 g/mol. The molecule has 1 fully saturated rings. The van der Waals surface area contributed by atoms with Gasteiger partial charge in [0.2, 0.25) is 5.95 Å². The Morgan fingerprint density at radius 1 is 1.03 bits per heavy atom. The van der Waals surface area contributed by atoms with E-state index in [1.54, 1.807) is 23.3 Å². The number of anilines is 1. The summed E-state index contributed by atoms with van der Waals surface area (Å²) in [7, 11) is 0. The van der Waals surface area contributed by atoms with Gasteiger partial charge in [-0.05, 0) is 50.1 Å². The van der Waals surface area contributed by atoms with Gasteiger partial charge < -0.3 is 14.6 Å². The summed E-state index contributed by atoms with van der Waals surface area (Å²) in [4.78, 5) is 24.1. The first-order valence-corrected chi connectivity index (χ1v) is 10.7. The lowest BCUT2D eigenvalue weighted by atomic mass is 10.0. The van der Waals surface area contributed by atoms with Crippen molar-refractivity contribution in [3.63, 3.8) is 0 Å². The average Bonchev–Trinajstić information content (AvgIpc) is 3.47. The summed E-state index contributed by atoms with van der Waals surface area (Å²) in [6, 6.07) is 15.3. The van der Waals surface area contributed by atoms with E-state index < -0.39 is 0 Å². The Kier molecular flexibility index (Phi) is 5.41. The molecule has 8 nitrogen and oxygen atoms in total. The number of piperidine rings is 1. The third kappa shape index (κ3) is 4.12. The second kappa shape index (κ2) is 8.66. The van der Waals surface area contributed by atoms with E-state index in [1.165, 1.54) is 0 Å². The summed E-state index contributed by atoms with van der Waals surface area (Å²) in [5.41, 5.74) is 1.92. The number of para-hydroxylation sites is 1. The van der Waals surface area contributed by atoms with Crippen LogP contribution in [0.4, 0.5) is 5.95 Å². The monoisotopic (exact) mass is 428 g/mol. The van der Waals surface area contributed by atoms with Crippen LogP contribution >= 0.6 is 0 Å². The average molecular weight is 428 g/mol. The zero-order valence-corrected chi connectivity index (χ0v) is 17.8. The number of carbonyl (C=O) groups is 1. The molecule has 0 bridgehead atoms. The normalized spacial score (nSPS) is 14.5. The molecule has 1 aliphatic rings. The molecule has 0 atom stereocenters. The lowest BCUT2D eigenvalue weighted by Gasteiger charge is -2.32. The molecular formula is C24H24N6O2. The van der Waals surface area contributed by atoms with Crippen LogP contribution in [0.2, 0.25) is 0 Å². The summed E-state index contributed by atoms with van der Waals surface area (Å²) in [5, 5.41) is 7.85. The maximum atomic E-state index is 13.3. The lowest BCUT2D eigenvalue weighted by Crippen LogP contribution is -2.45. The predicted molar refractivity (Wildman–Crippen MR) is 121 cm³/mol. The van der Waals surface area contributed by atoms with E-state index in [2.05, 4.69) is 25.3 Å². The van der Waals surface area contributed by atoms with Crippen molar-refractivity contribution in [1.29, 1.82) is 0 Å². The minimum atomic E-state index is -0.148. The van der Waals surface area contributed by atoms with Crippen molar-refractivity contribution in [2.24, 2.45) is 0 Å². The van der Waals surface area contributed by atoms with Crippen molar-refractivity contribution in [1.82, 2.24) is 25.1 Å². The summed E-state index contributed by atoms with van der Waals surface area (Å²) in [6.07, 6.45) is 6.92. The number of hydrogen-bond acceptors (Lipinski definition) is 6. The standard InChI is InChI=1S/C24H24N6O2/c1-17-8-9-21(32-17)22-20(16-30(28-22)19-6-3-2-4-7-19)23(31)27-18-10-14-29(15-11-18)24-25-12-5-13-26-24/h2-9,12-13,16,18H,10-11,14-15H2,1H3,(H,27,31). The number of furan rings is 1. The Bertz CT molecular complexity index is 1190. The molecule has 0 spiro atoms. The van der Waals surface area contributed by atoms with Crippen LogP contribution < -0.4 is 10.2 Å². The molecule has 1 aromatic carbocycles. The number of nitrogens with one attached hydrogen (secondary N) is 1. The molecule has 4 heterocycles. The molecule has 8 heteroatoms. The Balaban J connectivity index is 1.34. The second-order valence-electron chi connectivity index (χ2n) is 7.87. The first kappa shape index (κ1) is 20.0. The zero-order chi connectivity index (χ0) is 21.9. The smallest absolute Gasteiger partial charge is 0.255 e. The third-order valence-corrected chi connectivity index (χ3v) is 5.62. The van der Waals surface area contributed by atoms with Gasteiger partial charge in [-0.25, -0.2) is 14.6 Å². The summed E-state index contributed by atoms with van der Waals surface area (Å²) >= 11 is 0. The van der Waals surface area contributed by atoms with Crippen LogP contribution in [0.3, 0.4) is 0 Å². The van der Waals surface area contributed by atoms with Crippen molar-refractivity contribution in [2.45, 2.75) is 25.8 Å². The summed E-state index contributed by atoms with van der Waals surface area (Å²) < 4.78 is 7.51. The fraction of sp³-hybridized carbons (Fsp3) is 0.250. The number of carbonyl (C=O) groups excluding carboxylic acids is 1. The van der Waals surface area contributed by atoms with Gasteiger partial charge in [0.25, 0.3) is 5.91 Å². The highest BCUT2D eigenvalue weighted by molar-refractivity contribution is 5.99. The number of rotatable bonds is 5. The molecule has 162 valence electrons. The Morgan fingerprint density at radius 2 is 1.78 bits per heavy atom. The van der Waals surface area contributed by atoms with Gasteiger partial charge in [0.15, 0.2) is 5.76 Å². The van der Waals surface area contributed by atoms with Crippen molar-refractivity contribution in [3.8, 4) is 17.1 Å². The van der Waals surface area contributed by atoms with Crippen molar-refractivity contribution in [3.05, 3.63) is 78.4 Å². The minimum absolute atomic E-state index is 0.0775. The highest BCUT2D eigenvalue weighted by Crippen LogP contribution is 2.26. The van der Waals surface area contributed by atoms with Gasteiger partial charge >= 0.3 is 0 Å². The molecule has 1 amide bonds. The number of nitrogens with zero attached hydrogens (tertiary/aromatic N) is 5. The quantitative estimate of drug-likeness (QED) is 0.522. The molecule has 32 heavy (non-hydrogen) atoms. The van der Waals surface area contributed by atoms with Gasteiger partial charge in [-0.1, -0.05) is 18.2 Å². The molecule has 0 aliphatic carbocycles. The van der Waals surface area contributed by atoms with Crippen LogP contribution in [-0.4, -0.2) is 44.8 Å². The molecule has 1 N–H and O–H groups in total. The fourth-order valence-electron chi connectivity index (χ4n) is 3.94. The van der Waals surface area contributed by atoms with Crippen molar-refractivity contribution in [2.75, 3.05) is 18.0 Å². The van der Waals surface area contributed by atoms with Crippen molar-refractivity contribution < 1.29 is 9.21 Å². The zero-order valence-electron chi connectivity index (χ0n) is 17.8. The summed E-state index contributed by atoms with van der Waals surface area (Å²) in [6.45, 7) is 3.46. The molecule has 5 rings (SSSR count). The predicted octanol–water partition coefficient (Wildman–Crippen LogP) is 3.63. The van der Waals surface area contributed by atoms with Crippen LogP contribution in [0.5, 0.6) is 0 Å². The second-order valence-corrected chi connectivity index (χ2v) is 7.87. The number of hydrogen-bond donors (Lipinski definition) is 1. The molecule has 0 radical (unpaired) electrons. The van der Waals surface area contributed by atoms with Crippen LogP contribution in [0, 0.1) is 6.92 Å². The number of benzene rings is 1. The van der Waals surface area contributed by atoms with Crippen LogP contribution in [0.1, 0.15) is 29.0 Å². The van der Waals surface area contributed by atoms with Gasteiger partial charge in [-0.15, -0.1) is 0 Å². The molecule has 4 aromatic rings. The molecule has 3 aromatic heterocycles. The summed E-state index contributed by atoms with van der Waals surface area (Å²) in [5.74, 6) is 1.94. The van der Waals surface area contributed by atoms with E-state index >= 15 is 0 Å². The Labute approximate surface area is 185 Å². The first-order valence-electron chi connectivity index (χ1n) is 10.7. The highest BCUT2D eigenvalue weighted by Gasteiger charge is 2.26. The Hall–Kier alpha value is -3.94. The number of aromatic nitrogens is 4. The van der Waals surface area contributed by atoms with Crippen LogP contribution in [0.15, 0.2) is 71.5 Å². The van der Waals surface area contributed by atoms with E-state index in [1.807, 2.05) is 55.5 Å². The van der Waals surface area contributed by atoms with E-state index in [9.17, 15) is 4.79 Å². The van der Waals surface area contributed by atoms with E-state index in [0.717, 1.165) is 43.3 Å². The van der Waals surface area contributed by atoms with Gasteiger partial charge in [0, 0.05) is 37.7 Å². The largest absolute Gasteiger partial charge is 0.460 e. The maximum Gasteiger partial charge on any atom is 0.255 e. The molecule has 1 aliphatic heterocycles. The fourth-order valence-corrected chi connectivity index (χ4v) is 3.94. The maximum absolute atomic E-state index is 13.3. The van der Waals surface area contributed by atoms with Crippen molar-refractivity contribution >= 4 is 11.9 Å². The van der Waals surface area contributed by atoms with E-state index in [4.69, 9.17) is 4.42 Å². The molecule has 0 saturated carbocycles. The van der Waals surface area contributed by atoms with Gasteiger partial charge in [0.1, 0.15) is 11.5 Å². The minimum Gasteiger partial charge on any atom is -0.460 e. The molecule has 1 saturated heterocycles. The van der Waals surface area contributed by atoms with Gasteiger partial charge in [0.05, 0.1) is 11.3 Å². The SMILES string of the molecule is Cc1ccc(-c2nn(-c3ccccc3)cc2C(=O)NC2CCN(c3ncccn3)CC2)o1. The number of aryl methyl sites for hydroxylation is 1. The topological polar surface area (TPSA) is 89.1 Å². The lowest BCUT2D eigenvalue weighted by molar-refractivity contribution is 0.0931.